The number of amides is 1. The Bertz CT molecular complexity index is 358. The fourth-order valence-electron chi connectivity index (χ4n) is 2.38. The summed E-state index contributed by atoms with van der Waals surface area (Å²) in [4.78, 5) is 14.2. The Morgan fingerprint density at radius 1 is 1.11 bits per heavy atom. The molecular formula is C15H22N2O. The van der Waals surface area contributed by atoms with Crippen molar-refractivity contribution in [3.8, 4) is 0 Å². The number of hydrogen-bond acceptors (Lipinski definition) is 2. The zero-order valence-electron chi connectivity index (χ0n) is 10.9. The Kier molecular flexibility index (Phi) is 5.21. The number of likely N-dealkylation sites (tertiary alicyclic amines) is 1. The van der Waals surface area contributed by atoms with Crippen molar-refractivity contribution in [3.05, 3.63) is 35.9 Å². The maximum atomic E-state index is 11.7. The summed E-state index contributed by atoms with van der Waals surface area (Å²) in [5, 5.41) is 3.00. The van der Waals surface area contributed by atoms with Crippen LogP contribution in [0.4, 0.5) is 0 Å². The molecule has 1 heterocycles. The quantitative estimate of drug-likeness (QED) is 0.859. The highest BCUT2D eigenvalue weighted by Gasteiger charge is 2.09. The van der Waals surface area contributed by atoms with E-state index in [1.54, 1.807) is 0 Å². The second-order valence-corrected chi connectivity index (χ2v) is 4.91. The zero-order chi connectivity index (χ0) is 12.6. The zero-order valence-corrected chi connectivity index (χ0v) is 10.9. The monoisotopic (exact) mass is 246 g/mol. The summed E-state index contributed by atoms with van der Waals surface area (Å²) in [7, 11) is 0. The van der Waals surface area contributed by atoms with E-state index in [-0.39, 0.29) is 5.91 Å². The van der Waals surface area contributed by atoms with Crippen molar-refractivity contribution in [2.24, 2.45) is 0 Å². The van der Waals surface area contributed by atoms with Crippen molar-refractivity contribution >= 4 is 5.91 Å². The molecule has 1 aliphatic heterocycles. The van der Waals surface area contributed by atoms with Gasteiger partial charge in [0, 0.05) is 13.1 Å². The Morgan fingerprint density at radius 2 is 1.83 bits per heavy atom. The number of rotatable bonds is 5. The van der Waals surface area contributed by atoms with Crippen molar-refractivity contribution in [3.63, 3.8) is 0 Å². The first kappa shape index (κ1) is 13.1. The lowest BCUT2D eigenvalue weighted by Crippen LogP contribution is -2.38. The minimum Gasteiger partial charge on any atom is -0.355 e. The van der Waals surface area contributed by atoms with Gasteiger partial charge in [0.2, 0.25) is 5.91 Å². The second kappa shape index (κ2) is 7.17. The average molecular weight is 246 g/mol. The van der Waals surface area contributed by atoms with E-state index in [0.29, 0.717) is 6.42 Å². The average Bonchev–Trinajstić information content (AvgIpc) is 2.41. The van der Waals surface area contributed by atoms with Gasteiger partial charge < -0.3 is 10.2 Å². The summed E-state index contributed by atoms with van der Waals surface area (Å²) in [6.45, 7) is 4.13. The van der Waals surface area contributed by atoms with Crippen LogP contribution in [0, 0.1) is 0 Å². The number of benzene rings is 1. The van der Waals surface area contributed by atoms with E-state index >= 15 is 0 Å². The summed E-state index contributed by atoms with van der Waals surface area (Å²) >= 11 is 0. The molecule has 0 saturated carbocycles. The molecular weight excluding hydrogens is 224 g/mol. The first-order valence-corrected chi connectivity index (χ1v) is 6.87. The molecule has 0 unspecified atom stereocenters. The molecule has 1 N–H and O–H groups in total. The number of carbonyl (C=O) groups excluding carboxylic acids is 1. The van der Waals surface area contributed by atoms with Gasteiger partial charge in [0.05, 0.1) is 6.42 Å². The molecule has 3 heteroatoms. The molecule has 0 bridgehead atoms. The largest absolute Gasteiger partial charge is 0.355 e. The van der Waals surface area contributed by atoms with Gasteiger partial charge in [-0.1, -0.05) is 36.8 Å². The van der Waals surface area contributed by atoms with E-state index in [1.807, 2.05) is 30.3 Å². The van der Waals surface area contributed by atoms with Gasteiger partial charge in [-0.15, -0.1) is 0 Å². The third kappa shape index (κ3) is 4.49. The lowest BCUT2D eigenvalue weighted by Gasteiger charge is -2.26. The van der Waals surface area contributed by atoms with Crippen molar-refractivity contribution in [1.82, 2.24) is 10.2 Å². The molecule has 1 saturated heterocycles. The minimum atomic E-state index is 0.123. The highest BCUT2D eigenvalue weighted by molar-refractivity contribution is 5.78. The van der Waals surface area contributed by atoms with Crippen molar-refractivity contribution in [2.45, 2.75) is 25.7 Å². The van der Waals surface area contributed by atoms with E-state index in [2.05, 4.69) is 10.2 Å². The molecule has 18 heavy (non-hydrogen) atoms. The molecule has 0 radical (unpaired) electrons. The number of piperidine rings is 1. The molecule has 0 atom stereocenters. The van der Waals surface area contributed by atoms with Gasteiger partial charge in [-0.3, -0.25) is 4.79 Å². The van der Waals surface area contributed by atoms with Crippen LogP contribution in [-0.2, 0) is 11.2 Å². The first-order valence-electron chi connectivity index (χ1n) is 6.87. The van der Waals surface area contributed by atoms with Crippen LogP contribution in [-0.4, -0.2) is 37.0 Å². The number of hydrogen-bond donors (Lipinski definition) is 1. The highest BCUT2D eigenvalue weighted by Crippen LogP contribution is 2.07. The van der Waals surface area contributed by atoms with Crippen LogP contribution in [0.2, 0.25) is 0 Å². The van der Waals surface area contributed by atoms with Crippen LogP contribution in [0.5, 0.6) is 0 Å². The Hall–Kier alpha value is -1.35. The third-order valence-corrected chi connectivity index (χ3v) is 3.41. The highest BCUT2D eigenvalue weighted by atomic mass is 16.1. The summed E-state index contributed by atoms with van der Waals surface area (Å²) < 4.78 is 0. The van der Waals surface area contributed by atoms with E-state index in [4.69, 9.17) is 0 Å². The maximum Gasteiger partial charge on any atom is 0.224 e. The van der Waals surface area contributed by atoms with Gasteiger partial charge in [-0.25, -0.2) is 0 Å². The van der Waals surface area contributed by atoms with Crippen molar-refractivity contribution < 1.29 is 4.79 Å². The molecule has 2 rings (SSSR count). The predicted molar refractivity (Wildman–Crippen MR) is 73.4 cm³/mol. The maximum absolute atomic E-state index is 11.7. The van der Waals surface area contributed by atoms with Crippen molar-refractivity contribution in [1.29, 1.82) is 0 Å². The summed E-state index contributed by atoms with van der Waals surface area (Å²) in [5.41, 5.74) is 1.08. The molecule has 3 nitrogen and oxygen atoms in total. The Balaban J connectivity index is 1.62. The minimum absolute atomic E-state index is 0.123. The van der Waals surface area contributed by atoms with Gasteiger partial charge >= 0.3 is 0 Å². The lowest BCUT2D eigenvalue weighted by atomic mass is 10.1. The molecule has 0 spiro atoms. The van der Waals surface area contributed by atoms with Gasteiger partial charge in [-0.05, 0) is 31.5 Å². The summed E-state index contributed by atoms with van der Waals surface area (Å²) in [5.74, 6) is 0.123. The van der Waals surface area contributed by atoms with Gasteiger partial charge in [0.15, 0.2) is 0 Å². The predicted octanol–water partition coefficient (Wildman–Crippen LogP) is 1.83. The smallest absolute Gasteiger partial charge is 0.224 e. The number of carbonyl (C=O) groups is 1. The molecule has 1 fully saturated rings. The van der Waals surface area contributed by atoms with E-state index in [0.717, 1.165) is 18.7 Å². The standard InChI is InChI=1S/C15H22N2O/c18-15(13-14-7-3-1-4-8-14)16-9-12-17-10-5-2-6-11-17/h1,3-4,7-8H,2,5-6,9-13H2,(H,16,18). The normalized spacial score (nSPS) is 16.4. The molecule has 1 aliphatic rings. The van der Waals surface area contributed by atoms with E-state index in [1.165, 1.54) is 32.4 Å². The van der Waals surface area contributed by atoms with E-state index in [9.17, 15) is 4.79 Å². The number of nitrogens with one attached hydrogen (secondary N) is 1. The van der Waals surface area contributed by atoms with Crippen LogP contribution in [0.1, 0.15) is 24.8 Å². The van der Waals surface area contributed by atoms with Crippen LogP contribution in [0.25, 0.3) is 0 Å². The molecule has 1 aromatic carbocycles. The fourth-order valence-corrected chi connectivity index (χ4v) is 2.38. The molecule has 0 aliphatic carbocycles. The van der Waals surface area contributed by atoms with Gasteiger partial charge in [-0.2, -0.15) is 0 Å². The summed E-state index contributed by atoms with van der Waals surface area (Å²) in [6, 6.07) is 9.89. The Labute approximate surface area is 109 Å². The van der Waals surface area contributed by atoms with Crippen LogP contribution in [0.15, 0.2) is 30.3 Å². The van der Waals surface area contributed by atoms with Crippen LogP contribution < -0.4 is 5.32 Å². The molecule has 98 valence electrons. The Morgan fingerprint density at radius 3 is 2.56 bits per heavy atom. The topological polar surface area (TPSA) is 32.3 Å². The molecule has 1 amide bonds. The lowest BCUT2D eigenvalue weighted by molar-refractivity contribution is -0.120. The third-order valence-electron chi connectivity index (χ3n) is 3.41. The fraction of sp³-hybridized carbons (Fsp3) is 0.533. The van der Waals surface area contributed by atoms with Gasteiger partial charge in [0.25, 0.3) is 0 Å². The molecule has 1 aromatic rings. The second-order valence-electron chi connectivity index (χ2n) is 4.91. The first-order chi connectivity index (χ1) is 8.84. The van der Waals surface area contributed by atoms with Crippen molar-refractivity contribution in [2.75, 3.05) is 26.2 Å². The van der Waals surface area contributed by atoms with Crippen LogP contribution in [0.3, 0.4) is 0 Å². The molecule has 0 aromatic heterocycles. The van der Waals surface area contributed by atoms with Gasteiger partial charge in [0.1, 0.15) is 0 Å². The SMILES string of the molecule is O=C(Cc1ccccc1)NCCN1CCCCC1. The van der Waals surface area contributed by atoms with Crippen LogP contribution >= 0.6 is 0 Å². The van der Waals surface area contributed by atoms with E-state index < -0.39 is 0 Å². The number of nitrogens with zero attached hydrogens (tertiary/aromatic N) is 1. The summed E-state index contributed by atoms with van der Waals surface area (Å²) in [6.07, 6.45) is 4.45.